The predicted molar refractivity (Wildman–Crippen MR) is 56.5 cm³/mol. The van der Waals surface area contributed by atoms with Crippen LogP contribution in [0.25, 0.3) is 0 Å². The van der Waals surface area contributed by atoms with Gasteiger partial charge in [-0.25, -0.2) is 0 Å². The fourth-order valence-corrected chi connectivity index (χ4v) is 1.20. The van der Waals surface area contributed by atoms with Crippen molar-refractivity contribution >= 4 is 5.91 Å². The van der Waals surface area contributed by atoms with Gasteiger partial charge in [-0.05, 0) is 17.7 Å². The molecule has 0 saturated carbocycles. The molecule has 0 atom stereocenters. The molecule has 0 aliphatic heterocycles. The second-order valence-corrected chi connectivity index (χ2v) is 3.22. The van der Waals surface area contributed by atoms with Crippen molar-refractivity contribution in [3.05, 3.63) is 29.8 Å². The average molecular weight is 209 g/mol. The number of primary amides is 1. The van der Waals surface area contributed by atoms with Crippen LogP contribution >= 0.6 is 0 Å². The van der Waals surface area contributed by atoms with E-state index in [1.807, 2.05) is 18.2 Å². The lowest BCUT2D eigenvalue weighted by molar-refractivity contribution is -0.117. The number of aliphatic hydroxyl groups excluding tert-OH is 1. The summed E-state index contributed by atoms with van der Waals surface area (Å²) in [6.07, 6.45) is 0.817. The van der Waals surface area contributed by atoms with Gasteiger partial charge in [0.1, 0.15) is 5.75 Å². The Bertz CT molecular complexity index is 325. The van der Waals surface area contributed by atoms with Crippen molar-refractivity contribution in [2.45, 2.75) is 12.8 Å². The number of amides is 1. The van der Waals surface area contributed by atoms with Gasteiger partial charge in [0.15, 0.2) is 0 Å². The van der Waals surface area contributed by atoms with E-state index in [0.29, 0.717) is 18.8 Å². The van der Waals surface area contributed by atoms with Crippen molar-refractivity contribution in [2.24, 2.45) is 5.73 Å². The molecule has 0 aliphatic carbocycles. The van der Waals surface area contributed by atoms with Gasteiger partial charge >= 0.3 is 0 Å². The summed E-state index contributed by atoms with van der Waals surface area (Å²) in [5.74, 6) is 0.338. The fourth-order valence-electron chi connectivity index (χ4n) is 1.20. The van der Waals surface area contributed by atoms with Gasteiger partial charge in [-0.1, -0.05) is 12.1 Å². The van der Waals surface area contributed by atoms with Crippen molar-refractivity contribution in [1.29, 1.82) is 0 Å². The van der Waals surface area contributed by atoms with Gasteiger partial charge in [0.05, 0.1) is 13.0 Å². The van der Waals surface area contributed by atoms with Crippen LogP contribution in [0, 0.1) is 0 Å². The maximum atomic E-state index is 10.7. The first kappa shape index (κ1) is 11.5. The number of carbonyl (C=O) groups excluding carboxylic acids is 1. The molecule has 0 heterocycles. The van der Waals surface area contributed by atoms with E-state index in [1.165, 1.54) is 0 Å². The molecule has 4 nitrogen and oxygen atoms in total. The summed E-state index contributed by atoms with van der Waals surface area (Å²) in [5, 5.41) is 8.58. The average Bonchev–Trinajstić information content (AvgIpc) is 2.18. The van der Waals surface area contributed by atoms with Gasteiger partial charge in [0.2, 0.25) is 5.91 Å². The number of nitrogens with two attached hydrogens (primary N) is 1. The highest BCUT2D eigenvalue weighted by molar-refractivity contribution is 5.76. The van der Waals surface area contributed by atoms with E-state index in [9.17, 15) is 4.79 Å². The van der Waals surface area contributed by atoms with E-state index >= 15 is 0 Å². The molecule has 4 heteroatoms. The van der Waals surface area contributed by atoms with Crippen molar-refractivity contribution in [2.75, 3.05) is 13.2 Å². The minimum Gasteiger partial charge on any atom is -0.493 e. The van der Waals surface area contributed by atoms with E-state index in [-0.39, 0.29) is 18.9 Å². The highest BCUT2D eigenvalue weighted by Gasteiger charge is 2.00. The normalized spacial score (nSPS) is 9.93. The molecule has 1 aromatic carbocycles. The van der Waals surface area contributed by atoms with Crippen molar-refractivity contribution in [1.82, 2.24) is 0 Å². The minimum absolute atomic E-state index is 0.112. The Balaban J connectivity index is 2.53. The molecule has 15 heavy (non-hydrogen) atoms. The van der Waals surface area contributed by atoms with Crippen LogP contribution in [-0.4, -0.2) is 24.2 Å². The molecule has 1 rings (SSSR count). The molecule has 0 saturated heterocycles. The van der Waals surface area contributed by atoms with Crippen molar-refractivity contribution < 1.29 is 14.6 Å². The standard InChI is InChI=1S/C11H15NO3/c12-11(14)8-9-3-1-4-10(7-9)15-6-2-5-13/h1,3-4,7,13H,2,5-6,8H2,(H2,12,14). The first-order chi connectivity index (χ1) is 7.22. The third-order valence-electron chi connectivity index (χ3n) is 1.85. The van der Waals surface area contributed by atoms with Gasteiger partial charge in [-0.2, -0.15) is 0 Å². The number of hydrogen-bond acceptors (Lipinski definition) is 3. The molecule has 0 unspecified atom stereocenters. The maximum absolute atomic E-state index is 10.7. The van der Waals surface area contributed by atoms with E-state index in [2.05, 4.69) is 0 Å². The predicted octanol–water partition coefficient (Wildman–Crippen LogP) is 0.476. The lowest BCUT2D eigenvalue weighted by atomic mass is 10.1. The molecule has 3 N–H and O–H groups in total. The summed E-state index contributed by atoms with van der Waals surface area (Å²) in [7, 11) is 0. The zero-order valence-corrected chi connectivity index (χ0v) is 8.48. The topological polar surface area (TPSA) is 72.6 Å². The van der Waals surface area contributed by atoms with Crippen LogP contribution in [0.15, 0.2) is 24.3 Å². The largest absolute Gasteiger partial charge is 0.493 e. The summed E-state index contributed by atoms with van der Waals surface area (Å²) in [4.78, 5) is 10.7. The molecule has 82 valence electrons. The number of aliphatic hydroxyl groups is 1. The highest BCUT2D eigenvalue weighted by atomic mass is 16.5. The van der Waals surface area contributed by atoms with Crippen LogP contribution in [0.1, 0.15) is 12.0 Å². The Hall–Kier alpha value is -1.55. The Kier molecular flexibility index (Phi) is 4.63. The summed E-state index contributed by atoms with van der Waals surface area (Å²) in [6, 6.07) is 7.22. The first-order valence-electron chi connectivity index (χ1n) is 4.83. The van der Waals surface area contributed by atoms with Crippen LogP contribution in [0.4, 0.5) is 0 Å². The fraction of sp³-hybridized carbons (Fsp3) is 0.364. The van der Waals surface area contributed by atoms with E-state index < -0.39 is 0 Å². The van der Waals surface area contributed by atoms with Gasteiger partial charge in [0, 0.05) is 13.0 Å². The SMILES string of the molecule is NC(=O)Cc1cccc(OCCCO)c1. The zero-order chi connectivity index (χ0) is 11.1. The molecular weight excluding hydrogens is 194 g/mol. The molecule has 1 aromatic rings. The lowest BCUT2D eigenvalue weighted by Gasteiger charge is -2.06. The number of rotatable bonds is 6. The Morgan fingerprint density at radius 1 is 1.47 bits per heavy atom. The second kappa shape index (κ2) is 6.03. The summed E-state index contributed by atoms with van der Waals surface area (Å²) in [5.41, 5.74) is 5.92. The quantitative estimate of drug-likeness (QED) is 0.669. The van der Waals surface area contributed by atoms with Gasteiger partial charge in [-0.3, -0.25) is 4.79 Å². The van der Waals surface area contributed by atoms with Crippen LogP contribution in [0.3, 0.4) is 0 Å². The first-order valence-corrected chi connectivity index (χ1v) is 4.83. The van der Waals surface area contributed by atoms with Crippen molar-refractivity contribution in [3.8, 4) is 5.75 Å². The maximum Gasteiger partial charge on any atom is 0.221 e. The molecule has 0 aliphatic rings. The van der Waals surface area contributed by atoms with Crippen LogP contribution in [0.2, 0.25) is 0 Å². The van der Waals surface area contributed by atoms with E-state index in [4.69, 9.17) is 15.6 Å². The molecule has 1 amide bonds. The number of carbonyl (C=O) groups is 1. The minimum atomic E-state index is -0.359. The smallest absolute Gasteiger partial charge is 0.221 e. The highest BCUT2D eigenvalue weighted by Crippen LogP contribution is 2.13. The van der Waals surface area contributed by atoms with E-state index in [0.717, 1.165) is 5.56 Å². The molecule has 0 spiro atoms. The van der Waals surface area contributed by atoms with Gasteiger partial charge in [-0.15, -0.1) is 0 Å². The molecule has 0 fully saturated rings. The van der Waals surface area contributed by atoms with Crippen LogP contribution in [0.5, 0.6) is 5.75 Å². The van der Waals surface area contributed by atoms with Gasteiger partial charge < -0.3 is 15.6 Å². The third-order valence-corrected chi connectivity index (χ3v) is 1.85. The molecule has 0 aromatic heterocycles. The van der Waals surface area contributed by atoms with E-state index in [1.54, 1.807) is 6.07 Å². The second-order valence-electron chi connectivity index (χ2n) is 3.22. The van der Waals surface area contributed by atoms with Crippen molar-refractivity contribution in [3.63, 3.8) is 0 Å². The van der Waals surface area contributed by atoms with Crippen LogP contribution < -0.4 is 10.5 Å². The molecule has 0 radical (unpaired) electrons. The third kappa shape index (κ3) is 4.46. The Labute approximate surface area is 88.7 Å². The molecular formula is C11H15NO3. The lowest BCUT2D eigenvalue weighted by Crippen LogP contribution is -2.13. The Morgan fingerprint density at radius 2 is 2.27 bits per heavy atom. The van der Waals surface area contributed by atoms with Crippen LogP contribution in [-0.2, 0) is 11.2 Å². The monoisotopic (exact) mass is 209 g/mol. The number of hydrogen-bond donors (Lipinski definition) is 2. The summed E-state index contributed by atoms with van der Waals surface area (Å²) in [6.45, 7) is 0.581. The summed E-state index contributed by atoms with van der Waals surface area (Å²) >= 11 is 0. The number of benzene rings is 1. The van der Waals surface area contributed by atoms with Gasteiger partial charge in [0.25, 0.3) is 0 Å². The molecule has 0 bridgehead atoms. The Morgan fingerprint density at radius 3 is 2.93 bits per heavy atom. The zero-order valence-electron chi connectivity index (χ0n) is 8.48. The number of ether oxygens (including phenoxy) is 1. The summed E-state index contributed by atoms with van der Waals surface area (Å²) < 4.78 is 5.36.